The van der Waals surface area contributed by atoms with Crippen LogP contribution in [0.5, 0.6) is 0 Å². The van der Waals surface area contributed by atoms with Gasteiger partial charge in [0.25, 0.3) is 0 Å². The van der Waals surface area contributed by atoms with E-state index >= 15 is 0 Å². The zero-order valence-corrected chi connectivity index (χ0v) is 16.3. The van der Waals surface area contributed by atoms with E-state index in [0.717, 1.165) is 5.52 Å². The van der Waals surface area contributed by atoms with Gasteiger partial charge in [0.05, 0.1) is 12.5 Å². The monoisotopic (exact) mass is 357 g/mol. The Hall–Kier alpha value is -2.37. The molecule has 3 rings (SSSR count). The molecular weight excluding hydrogens is 330 g/mol. The van der Waals surface area contributed by atoms with Crippen LogP contribution in [0, 0.1) is 5.92 Å². The van der Waals surface area contributed by atoms with Crippen molar-refractivity contribution >= 4 is 22.9 Å². The summed E-state index contributed by atoms with van der Waals surface area (Å²) in [5, 5.41) is 2.87. The Morgan fingerprint density at radius 3 is 2.65 bits per heavy atom. The number of nitrogens with one attached hydrogen (secondary N) is 1. The van der Waals surface area contributed by atoms with Gasteiger partial charge in [0, 0.05) is 19.0 Å². The summed E-state index contributed by atoms with van der Waals surface area (Å²) in [5.74, 6) is -0.0659. The van der Waals surface area contributed by atoms with Crippen molar-refractivity contribution in [3.8, 4) is 0 Å². The second kappa shape index (κ2) is 6.11. The van der Waals surface area contributed by atoms with Gasteiger partial charge in [0.15, 0.2) is 5.58 Å². The Bertz CT molecular complexity index is 861. The number of aromatic nitrogens is 1. The molecule has 0 spiro atoms. The third-order valence-electron chi connectivity index (χ3n) is 5.50. The molecule has 1 aliphatic heterocycles. The van der Waals surface area contributed by atoms with Crippen LogP contribution in [0.25, 0.3) is 11.1 Å². The number of rotatable bonds is 3. The van der Waals surface area contributed by atoms with Crippen LogP contribution in [0.15, 0.2) is 22.6 Å². The van der Waals surface area contributed by atoms with Crippen molar-refractivity contribution in [2.45, 2.75) is 58.5 Å². The van der Waals surface area contributed by atoms with Gasteiger partial charge in [-0.25, -0.2) is 4.98 Å². The molecule has 1 atom stereocenters. The van der Waals surface area contributed by atoms with Crippen molar-refractivity contribution in [3.63, 3.8) is 0 Å². The predicted octanol–water partition coefficient (Wildman–Crippen LogP) is 3.00. The highest BCUT2D eigenvalue weighted by atomic mass is 16.3. The summed E-state index contributed by atoms with van der Waals surface area (Å²) in [4.78, 5) is 30.6. The van der Waals surface area contributed by atoms with Gasteiger partial charge in [-0.3, -0.25) is 9.59 Å². The highest BCUT2D eigenvalue weighted by Crippen LogP contribution is 2.34. The molecule has 6 nitrogen and oxygen atoms in total. The van der Waals surface area contributed by atoms with Crippen LogP contribution >= 0.6 is 0 Å². The zero-order chi connectivity index (χ0) is 19.3. The average molecular weight is 357 g/mol. The summed E-state index contributed by atoms with van der Waals surface area (Å²) in [7, 11) is 1.74. The van der Waals surface area contributed by atoms with E-state index < -0.39 is 5.54 Å². The molecule has 0 aliphatic carbocycles. The minimum atomic E-state index is -0.496. The summed E-state index contributed by atoms with van der Waals surface area (Å²) in [6, 6.07) is 5.98. The molecule has 1 aromatic carbocycles. The van der Waals surface area contributed by atoms with Crippen LogP contribution in [-0.2, 0) is 21.5 Å². The lowest BCUT2D eigenvalue weighted by Gasteiger charge is -2.32. The lowest BCUT2D eigenvalue weighted by atomic mass is 9.87. The maximum Gasteiger partial charge on any atom is 0.226 e. The lowest BCUT2D eigenvalue weighted by Crippen LogP contribution is -2.46. The minimum Gasteiger partial charge on any atom is -0.439 e. The van der Waals surface area contributed by atoms with Crippen LogP contribution in [0.2, 0.25) is 0 Å². The molecule has 1 aromatic heterocycles. The van der Waals surface area contributed by atoms with Gasteiger partial charge in [0.1, 0.15) is 5.52 Å². The average Bonchev–Trinajstić information content (AvgIpc) is 3.05. The number of nitrogens with zero attached hydrogens (tertiary/aromatic N) is 2. The first-order valence-corrected chi connectivity index (χ1v) is 8.94. The summed E-state index contributed by atoms with van der Waals surface area (Å²) in [6.45, 7) is 10.5. The number of hydrogen-bond donors (Lipinski definition) is 1. The standard InChI is InChI=1S/C20H27N3O3/c1-19(2,3)12-7-8-15-14(9-12)22-16(26-15)11-21-18(25)13-10-17(24)23(6)20(13,4)5/h7-9,13H,10-11H2,1-6H3,(H,21,25)/t13-/m0/s1. The van der Waals surface area contributed by atoms with Crippen LogP contribution < -0.4 is 5.32 Å². The Balaban J connectivity index is 1.72. The number of benzene rings is 1. The van der Waals surface area contributed by atoms with Crippen molar-refractivity contribution in [1.29, 1.82) is 0 Å². The molecule has 26 heavy (non-hydrogen) atoms. The Morgan fingerprint density at radius 1 is 1.38 bits per heavy atom. The molecule has 1 saturated heterocycles. The maximum atomic E-state index is 12.6. The second-order valence-corrected chi connectivity index (χ2v) is 8.62. The number of oxazole rings is 1. The van der Waals surface area contributed by atoms with E-state index in [1.807, 2.05) is 32.0 Å². The SMILES string of the molecule is CN1C(=O)C[C@@H](C(=O)NCc2nc3cc(C(C)(C)C)ccc3o2)C1(C)C. The normalized spacial score (nSPS) is 20.0. The highest BCUT2D eigenvalue weighted by Gasteiger charge is 2.47. The molecule has 2 heterocycles. The van der Waals surface area contributed by atoms with Crippen molar-refractivity contribution in [3.05, 3.63) is 29.7 Å². The Morgan fingerprint density at radius 2 is 2.08 bits per heavy atom. The third kappa shape index (κ3) is 3.20. The minimum absolute atomic E-state index is 0.00767. The third-order valence-corrected chi connectivity index (χ3v) is 5.50. The van der Waals surface area contributed by atoms with E-state index in [9.17, 15) is 9.59 Å². The van der Waals surface area contributed by atoms with Gasteiger partial charge in [-0.2, -0.15) is 0 Å². The fourth-order valence-corrected chi connectivity index (χ4v) is 3.33. The molecule has 1 fully saturated rings. The first kappa shape index (κ1) is 18.4. The van der Waals surface area contributed by atoms with Crippen molar-refractivity contribution < 1.29 is 14.0 Å². The Labute approximate surface area is 153 Å². The topological polar surface area (TPSA) is 75.4 Å². The molecule has 0 bridgehead atoms. The molecule has 0 saturated carbocycles. The van der Waals surface area contributed by atoms with Gasteiger partial charge >= 0.3 is 0 Å². The number of amides is 2. The van der Waals surface area contributed by atoms with Crippen LogP contribution in [0.4, 0.5) is 0 Å². The highest BCUT2D eigenvalue weighted by molar-refractivity contribution is 5.90. The molecule has 1 aliphatic rings. The molecule has 6 heteroatoms. The van der Waals surface area contributed by atoms with Gasteiger partial charge < -0.3 is 14.6 Å². The summed E-state index contributed by atoms with van der Waals surface area (Å²) < 4.78 is 5.74. The van der Waals surface area contributed by atoms with E-state index in [1.165, 1.54) is 5.56 Å². The molecule has 0 radical (unpaired) electrons. The maximum absolute atomic E-state index is 12.6. The fourth-order valence-electron chi connectivity index (χ4n) is 3.33. The summed E-state index contributed by atoms with van der Waals surface area (Å²) >= 11 is 0. The smallest absolute Gasteiger partial charge is 0.226 e. The first-order valence-electron chi connectivity index (χ1n) is 8.94. The van der Waals surface area contributed by atoms with Crippen LogP contribution in [0.3, 0.4) is 0 Å². The molecule has 0 unspecified atom stereocenters. The van der Waals surface area contributed by atoms with Gasteiger partial charge in [-0.05, 0) is 37.0 Å². The van der Waals surface area contributed by atoms with E-state index in [2.05, 4.69) is 31.1 Å². The lowest BCUT2D eigenvalue weighted by molar-refractivity contribution is -0.128. The van der Waals surface area contributed by atoms with Crippen molar-refractivity contribution in [2.75, 3.05) is 7.05 Å². The largest absolute Gasteiger partial charge is 0.439 e. The van der Waals surface area contributed by atoms with E-state index in [0.29, 0.717) is 11.5 Å². The first-order chi connectivity index (χ1) is 12.0. The number of hydrogen-bond acceptors (Lipinski definition) is 4. The van der Waals surface area contributed by atoms with E-state index in [-0.39, 0.29) is 36.1 Å². The summed E-state index contributed by atoms with van der Waals surface area (Å²) in [6.07, 6.45) is 0.234. The van der Waals surface area contributed by atoms with E-state index in [4.69, 9.17) is 4.42 Å². The van der Waals surface area contributed by atoms with Crippen LogP contribution in [-0.4, -0.2) is 34.3 Å². The quantitative estimate of drug-likeness (QED) is 0.916. The fraction of sp³-hybridized carbons (Fsp3) is 0.550. The number of fused-ring (bicyclic) bond motifs is 1. The number of likely N-dealkylation sites (tertiary alicyclic amines) is 1. The second-order valence-electron chi connectivity index (χ2n) is 8.62. The van der Waals surface area contributed by atoms with Gasteiger partial charge in [-0.1, -0.05) is 26.8 Å². The zero-order valence-electron chi connectivity index (χ0n) is 16.3. The van der Waals surface area contributed by atoms with Crippen molar-refractivity contribution in [2.24, 2.45) is 5.92 Å². The van der Waals surface area contributed by atoms with E-state index in [1.54, 1.807) is 11.9 Å². The molecule has 140 valence electrons. The number of carbonyl (C=O) groups is 2. The van der Waals surface area contributed by atoms with Crippen LogP contribution in [0.1, 0.15) is 52.5 Å². The Kier molecular flexibility index (Phi) is 4.33. The molecule has 2 aromatic rings. The molecule has 1 N–H and O–H groups in total. The summed E-state index contributed by atoms with van der Waals surface area (Å²) in [5.41, 5.74) is 2.22. The van der Waals surface area contributed by atoms with Crippen molar-refractivity contribution in [1.82, 2.24) is 15.2 Å². The molecular formula is C20H27N3O3. The molecule has 2 amide bonds. The predicted molar refractivity (Wildman–Crippen MR) is 99.5 cm³/mol. The van der Waals surface area contributed by atoms with Gasteiger partial charge in [-0.15, -0.1) is 0 Å². The number of carbonyl (C=O) groups excluding carboxylic acids is 2. The van der Waals surface area contributed by atoms with Gasteiger partial charge in [0.2, 0.25) is 17.7 Å².